The Balaban J connectivity index is 2.32. The maximum atomic E-state index is 9.55. The first-order valence-electron chi connectivity index (χ1n) is 5.32. The van der Waals surface area contributed by atoms with Crippen LogP contribution < -0.4 is 5.32 Å². The van der Waals surface area contributed by atoms with Gasteiger partial charge in [-0.2, -0.15) is 0 Å². The van der Waals surface area contributed by atoms with Gasteiger partial charge in [-0.1, -0.05) is 13.8 Å². The van der Waals surface area contributed by atoms with Crippen LogP contribution in [0.15, 0.2) is 4.42 Å². The maximum absolute atomic E-state index is 9.55. The molecule has 1 unspecified atom stereocenters. The molecule has 0 amide bonds. The molecular weight excluding hydrogens is 192 g/mol. The van der Waals surface area contributed by atoms with Gasteiger partial charge < -0.3 is 14.8 Å². The Morgan fingerprint density at radius 3 is 2.53 bits per heavy atom. The van der Waals surface area contributed by atoms with Crippen molar-refractivity contribution in [3.05, 3.63) is 17.3 Å². The average Bonchev–Trinajstić information content (AvgIpc) is 2.46. The minimum Gasteiger partial charge on any atom is -0.444 e. The van der Waals surface area contributed by atoms with Gasteiger partial charge in [-0.15, -0.1) is 0 Å². The van der Waals surface area contributed by atoms with E-state index in [1.807, 2.05) is 27.7 Å². The predicted octanol–water partition coefficient (Wildman–Crippen LogP) is 1.40. The third-order valence-corrected chi connectivity index (χ3v) is 2.47. The van der Waals surface area contributed by atoms with Crippen LogP contribution in [0.4, 0.5) is 0 Å². The van der Waals surface area contributed by atoms with Crippen molar-refractivity contribution in [2.45, 2.75) is 40.3 Å². The highest BCUT2D eigenvalue weighted by Gasteiger charge is 2.09. The normalized spacial score (nSPS) is 13.5. The summed E-state index contributed by atoms with van der Waals surface area (Å²) in [7, 11) is 0. The molecule has 0 fully saturated rings. The summed E-state index contributed by atoms with van der Waals surface area (Å²) in [5.74, 6) is 1.81. The highest BCUT2D eigenvalue weighted by molar-refractivity contribution is 5.05. The second kappa shape index (κ2) is 5.28. The standard InChI is InChI=1S/C11H20N2O2/c1-7(2)10(14)5-12-6-11-13-8(3)9(4)15-11/h7,10,12,14H,5-6H2,1-4H3. The van der Waals surface area contributed by atoms with Gasteiger partial charge in [-0.05, 0) is 19.8 Å². The molecule has 4 nitrogen and oxygen atoms in total. The molecule has 1 atom stereocenters. The summed E-state index contributed by atoms with van der Waals surface area (Å²) < 4.78 is 5.40. The topological polar surface area (TPSA) is 58.3 Å². The van der Waals surface area contributed by atoms with Crippen LogP contribution in [0.1, 0.15) is 31.2 Å². The van der Waals surface area contributed by atoms with E-state index >= 15 is 0 Å². The lowest BCUT2D eigenvalue weighted by Crippen LogP contribution is -2.30. The highest BCUT2D eigenvalue weighted by Crippen LogP contribution is 2.07. The fourth-order valence-corrected chi connectivity index (χ4v) is 1.18. The Bertz CT molecular complexity index is 288. The zero-order valence-corrected chi connectivity index (χ0v) is 9.87. The van der Waals surface area contributed by atoms with Crippen LogP contribution in [-0.4, -0.2) is 22.7 Å². The van der Waals surface area contributed by atoms with Gasteiger partial charge in [0.25, 0.3) is 0 Å². The third kappa shape index (κ3) is 3.64. The Kier molecular flexibility index (Phi) is 4.29. The van der Waals surface area contributed by atoms with Gasteiger partial charge in [-0.25, -0.2) is 4.98 Å². The van der Waals surface area contributed by atoms with E-state index < -0.39 is 0 Å². The van der Waals surface area contributed by atoms with Crippen molar-refractivity contribution in [3.8, 4) is 0 Å². The number of aromatic nitrogens is 1. The van der Waals surface area contributed by atoms with Gasteiger partial charge in [-0.3, -0.25) is 0 Å². The second-order valence-corrected chi connectivity index (χ2v) is 4.19. The van der Waals surface area contributed by atoms with E-state index in [0.29, 0.717) is 19.0 Å². The SMILES string of the molecule is Cc1nc(CNCC(O)C(C)C)oc1C. The minimum absolute atomic E-state index is 0.269. The maximum Gasteiger partial charge on any atom is 0.208 e. The molecule has 0 aliphatic carbocycles. The monoisotopic (exact) mass is 212 g/mol. The van der Waals surface area contributed by atoms with E-state index in [-0.39, 0.29) is 12.0 Å². The number of aliphatic hydroxyl groups is 1. The first kappa shape index (κ1) is 12.2. The van der Waals surface area contributed by atoms with Gasteiger partial charge in [0.05, 0.1) is 18.3 Å². The van der Waals surface area contributed by atoms with Crippen molar-refractivity contribution in [1.82, 2.24) is 10.3 Å². The smallest absolute Gasteiger partial charge is 0.208 e. The van der Waals surface area contributed by atoms with Gasteiger partial charge in [0.15, 0.2) is 0 Å². The van der Waals surface area contributed by atoms with E-state index in [2.05, 4.69) is 10.3 Å². The molecule has 0 aliphatic heterocycles. The molecule has 86 valence electrons. The summed E-state index contributed by atoms with van der Waals surface area (Å²) in [4.78, 5) is 4.24. The third-order valence-electron chi connectivity index (χ3n) is 2.47. The van der Waals surface area contributed by atoms with Crippen LogP contribution in [0.2, 0.25) is 0 Å². The average molecular weight is 212 g/mol. The zero-order chi connectivity index (χ0) is 11.4. The molecule has 4 heteroatoms. The number of hydrogen-bond acceptors (Lipinski definition) is 4. The number of nitrogens with one attached hydrogen (secondary N) is 1. The fourth-order valence-electron chi connectivity index (χ4n) is 1.18. The molecule has 0 saturated carbocycles. The molecule has 0 aliphatic rings. The summed E-state index contributed by atoms with van der Waals surface area (Å²) in [6, 6.07) is 0. The van der Waals surface area contributed by atoms with E-state index in [0.717, 1.165) is 11.5 Å². The van der Waals surface area contributed by atoms with Crippen LogP contribution in [0.25, 0.3) is 0 Å². The van der Waals surface area contributed by atoms with E-state index in [9.17, 15) is 5.11 Å². The lowest BCUT2D eigenvalue weighted by atomic mass is 10.1. The predicted molar refractivity (Wildman–Crippen MR) is 58.5 cm³/mol. The van der Waals surface area contributed by atoms with Gasteiger partial charge in [0, 0.05) is 6.54 Å². The molecule has 2 N–H and O–H groups in total. The Morgan fingerprint density at radius 2 is 2.07 bits per heavy atom. The van der Waals surface area contributed by atoms with Crippen molar-refractivity contribution in [1.29, 1.82) is 0 Å². The molecule has 1 rings (SSSR count). The number of aryl methyl sites for hydroxylation is 2. The number of aliphatic hydroxyl groups excluding tert-OH is 1. The number of rotatable bonds is 5. The fraction of sp³-hybridized carbons (Fsp3) is 0.727. The Morgan fingerprint density at radius 1 is 1.40 bits per heavy atom. The van der Waals surface area contributed by atoms with Crippen molar-refractivity contribution in [2.75, 3.05) is 6.54 Å². The second-order valence-electron chi connectivity index (χ2n) is 4.19. The van der Waals surface area contributed by atoms with E-state index in [4.69, 9.17) is 4.42 Å². The number of nitrogens with zero attached hydrogens (tertiary/aromatic N) is 1. The van der Waals surface area contributed by atoms with Crippen molar-refractivity contribution in [3.63, 3.8) is 0 Å². The van der Waals surface area contributed by atoms with Gasteiger partial charge in [0.2, 0.25) is 5.89 Å². The van der Waals surface area contributed by atoms with Crippen molar-refractivity contribution < 1.29 is 9.52 Å². The summed E-state index contributed by atoms with van der Waals surface area (Å²) in [5, 5.41) is 12.7. The molecule has 0 radical (unpaired) electrons. The first-order chi connectivity index (χ1) is 7.00. The molecule has 1 aromatic rings. The lowest BCUT2D eigenvalue weighted by Gasteiger charge is -2.13. The van der Waals surface area contributed by atoms with Gasteiger partial charge >= 0.3 is 0 Å². The summed E-state index contributed by atoms with van der Waals surface area (Å²) >= 11 is 0. The summed E-state index contributed by atoms with van der Waals surface area (Å²) in [6.07, 6.45) is -0.317. The van der Waals surface area contributed by atoms with Crippen LogP contribution in [0.3, 0.4) is 0 Å². The number of oxazole rings is 1. The van der Waals surface area contributed by atoms with Crippen LogP contribution >= 0.6 is 0 Å². The van der Waals surface area contributed by atoms with Crippen LogP contribution in [0, 0.1) is 19.8 Å². The van der Waals surface area contributed by atoms with E-state index in [1.54, 1.807) is 0 Å². The highest BCUT2D eigenvalue weighted by atomic mass is 16.4. The molecule has 0 saturated heterocycles. The molecular formula is C11H20N2O2. The summed E-state index contributed by atoms with van der Waals surface area (Å²) in [5.41, 5.74) is 0.927. The van der Waals surface area contributed by atoms with E-state index in [1.165, 1.54) is 0 Å². The molecule has 0 spiro atoms. The largest absolute Gasteiger partial charge is 0.444 e. The number of hydrogen-bond donors (Lipinski definition) is 2. The van der Waals surface area contributed by atoms with Crippen LogP contribution in [-0.2, 0) is 6.54 Å². The van der Waals surface area contributed by atoms with Gasteiger partial charge in [0.1, 0.15) is 5.76 Å². The quantitative estimate of drug-likeness (QED) is 0.774. The van der Waals surface area contributed by atoms with Crippen LogP contribution in [0.5, 0.6) is 0 Å². The molecule has 0 aromatic carbocycles. The molecule has 0 bridgehead atoms. The Labute approximate surface area is 90.7 Å². The Hall–Kier alpha value is -0.870. The van der Waals surface area contributed by atoms with Crippen molar-refractivity contribution in [2.24, 2.45) is 5.92 Å². The first-order valence-corrected chi connectivity index (χ1v) is 5.32. The lowest BCUT2D eigenvalue weighted by molar-refractivity contribution is 0.122. The van der Waals surface area contributed by atoms with Crippen molar-refractivity contribution >= 4 is 0 Å². The molecule has 15 heavy (non-hydrogen) atoms. The molecule has 1 heterocycles. The minimum atomic E-state index is -0.317. The molecule has 1 aromatic heterocycles. The zero-order valence-electron chi connectivity index (χ0n) is 9.87. The summed E-state index contributed by atoms with van der Waals surface area (Å²) in [6.45, 7) is 8.94.